The molecule has 0 spiro atoms. The van der Waals surface area contributed by atoms with E-state index in [0.29, 0.717) is 6.42 Å². The van der Waals surface area contributed by atoms with Gasteiger partial charge < -0.3 is 5.11 Å². The Hall–Kier alpha value is 0.0400. The fourth-order valence-corrected chi connectivity index (χ4v) is 1.79. The van der Waals surface area contributed by atoms with Crippen LogP contribution in [0, 0.1) is 0 Å². The number of unbranched alkanes of at least 4 members (excludes halogenated alkanes) is 4. The summed E-state index contributed by atoms with van der Waals surface area (Å²) in [4.78, 5) is 0. The van der Waals surface area contributed by atoms with E-state index in [9.17, 15) is 13.2 Å². The van der Waals surface area contributed by atoms with Gasteiger partial charge in [-0.2, -0.15) is 13.2 Å². The lowest BCUT2D eigenvalue weighted by Gasteiger charge is -2.17. The zero-order valence-corrected chi connectivity index (χ0v) is 10.3. The van der Waals surface area contributed by atoms with Crippen molar-refractivity contribution in [3.8, 4) is 0 Å². The second-order valence-electron chi connectivity index (χ2n) is 4.09. The van der Waals surface area contributed by atoms with Crippen LogP contribution in [0.4, 0.5) is 13.2 Å². The van der Waals surface area contributed by atoms with E-state index >= 15 is 0 Å². The van der Waals surface area contributed by atoms with Crippen molar-refractivity contribution >= 4 is 11.6 Å². The maximum atomic E-state index is 12.0. The Kier molecular flexibility index (Phi) is 8.20. The Balaban J connectivity index is 3.55. The van der Waals surface area contributed by atoms with E-state index in [-0.39, 0.29) is 0 Å². The number of halogens is 4. The molecule has 0 aromatic rings. The van der Waals surface area contributed by atoms with Crippen molar-refractivity contribution in [3.05, 3.63) is 0 Å². The van der Waals surface area contributed by atoms with Crippen molar-refractivity contribution in [2.45, 2.75) is 69.5 Å². The summed E-state index contributed by atoms with van der Waals surface area (Å²) >= 11 is 5.73. The SMILES string of the molecule is CCCCCCCC(Cl)CC(O)C(F)(F)F. The molecule has 0 saturated heterocycles. The molecule has 1 N–H and O–H groups in total. The Morgan fingerprint density at radius 3 is 2.19 bits per heavy atom. The maximum absolute atomic E-state index is 12.0. The molecular formula is C11H20ClF3O. The number of rotatable bonds is 8. The third-order valence-corrected chi connectivity index (χ3v) is 2.87. The molecule has 2 atom stereocenters. The molecule has 2 unspecified atom stereocenters. The van der Waals surface area contributed by atoms with Gasteiger partial charge in [0.05, 0.1) is 0 Å². The molecule has 0 amide bonds. The summed E-state index contributed by atoms with van der Waals surface area (Å²) in [6, 6.07) is 0. The van der Waals surface area contributed by atoms with Crippen LogP contribution in [0.3, 0.4) is 0 Å². The number of hydrogen-bond donors (Lipinski definition) is 1. The van der Waals surface area contributed by atoms with Crippen molar-refractivity contribution in [2.75, 3.05) is 0 Å². The van der Waals surface area contributed by atoms with Gasteiger partial charge in [0.25, 0.3) is 0 Å². The minimum Gasteiger partial charge on any atom is -0.384 e. The summed E-state index contributed by atoms with van der Waals surface area (Å²) in [5, 5.41) is 8.20. The van der Waals surface area contributed by atoms with Crippen molar-refractivity contribution in [3.63, 3.8) is 0 Å². The van der Waals surface area contributed by atoms with E-state index in [0.717, 1.165) is 32.1 Å². The number of aliphatic hydroxyl groups excluding tert-OH is 1. The van der Waals surface area contributed by atoms with Gasteiger partial charge in [-0.15, -0.1) is 11.6 Å². The average molecular weight is 261 g/mol. The Bertz CT molecular complexity index is 173. The van der Waals surface area contributed by atoms with Crippen molar-refractivity contribution < 1.29 is 18.3 Å². The standard InChI is InChI=1S/C11H20ClF3O/c1-2-3-4-5-6-7-9(12)8-10(16)11(13,14)15/h9-10,16H,2-8H2,1H3. The van der Waals surface area contributed by atoms with Crippen molar-refractivity contribution in [1.82, 2.24) is 0 Å². The zero-order valence-electron chi connectivity index (χ0n) is 9.56. The number of aliphatic hydroxyl groups is 1. The predicted octanol–water partition coefficient (Wildman–Crippen LogP) is 4.27. The average Bonchev–Trinajstić information content (AvgIpc) is 2.16. The van der Waals surface area contributed by atoms with Gasteiger partial charge in [-0.05, 0) is 12.8 Å². The molecule has 0 radical (unpaired) electrons. The van der Waals surface area contributed by atoms with Crippen LogP contribution in [-0.4, -0.2) is 22.8 Å². The number of alkyl halides is 4. The third-order valence-electron chi connectivity index (χ3n) is 2.48. The van der Waals surface area contributed by atoms with Gasteiger partial charge in [-0.25, -0.2) is 0 Å². The molecule has 0 aliphatic carbocycles. The summed E-state index contributed by atoms with van der Waals surface area (Å²) in [6.07, 6.45) is -1.48. The van der Waals surface area contributed by atoms with Crippen LogP contribution >= 0.6 is 11.6 Å². The molecule has 0 heterocycles. The van der Waals surface area contributed by atoms with Crippen LogP contribution in [-0.2, 0) is 0 Å². The molecule has 98 valence electrons. The smallest absolute Gasteiger partial charge is 0.384 e. The fourth-order valence-electron chi connectivity index (χ4n) is 1.46. The lowest BCUT2D eigenvalue weighted by Crippen LogP contribution is -2.30. The van der Waals surface area contributed by atoms with Crippen LogP contribution in [0.1, 0.15) is 51.9 Å². The van der Waals surface area contributed by atoms with Gasteiger partial charge in [0.1, 0.15) is 0 Å². The summed E-state index contributed by atoms with van der Waals surface area (Å²) in [5.41, 5.74) is 0. The van der Waals surface area contributed by atoms with Crippen LogP contribution < -0.4 is 0 Å². The molecule has 0 bridgehead atoms. The van der Waals surface area contributed by atoms with Crippen LogP contribution in [0.5, 0.6) is 0 Å². The molecule has 16 heavy (non-hydrogen) atoms. The monoisotopic (exact) mass is 260 g/mol. The van der Waals surface area contributed by atoms with Gasteiger partial charge in [-0.3, -0.25) is 0 Å². The molecule has 0 aromatic carbocycles. The lowest BCUT2D eigenvalue weighted by molar-refractivity contribution is -0.205. The Morgan fingerprint density at radius 1 is 1.12 bits per heavy atom. The van der Waals surface area contributed by atoms with E-state index in [1.165, 1.54) is 0 Å². The quantitative estimate of drug-likeness (QED) is 0.510. The molecule has 5 heteroatoms. The second-order valence-corrected chi connectivity index (χ2v) is 4.71. The van der Waals surface area contributed by atoms with E-state index in [1.54, 1.807) is 0 Å². The maximum Gasteiger partial charge on any atom is 0.414 e. The van der Waals surface area contributed by atoms with Crippen LogP contribution in [0.25, 0.3) is 0 Å². The first-order chi connectivity index (χ1) is 7.38. The van der Waals surface area contributed by atoms with E-state index < -0.39 is 24.1 Å². The summed E-state index contributed by atoms with van der Waals surface area (Å²) in [7, 11) is 0. The van der Waals surface area contributed by atoms with Gasteiger partial charge in [0.15, 0.2) is 6.10 Å². The largest absolute Gasteiger partial charge is 0.414 e. The van der Waals surface area contributed by atoms with E-state index in [4.69, 9.17) is 16.7 Å². The fraction of sp³-hybridized carbons (Fsp3) is 1.00. The van der Waals surface area contributed by atoms with Gasteiger partial charge in [-0.1, -0.05) is 39.0 Å². The molecule has 0 aromatic heterocycles. The molecule has 1 nitrogen and oxygen atoms in total. The second kappa shape index (κ2) is 8.18. The highest BCUT2D eigenvalue weighted by molar-refractivity contribution is 6.20. The normalized spacial score (nSPS) is 16.1. The predicted molar refractivity (Wildman–Crippen MR) is 59.7 cm³/mol. The molecule has 0 fully saturated rings. The number of hydrogen-bond acceptors (Lipinski definition) is 1. The minimum atomic E-state index is -4.55. The minimum absolute atomic E-state index is 0.404. The van der Waals surface area contributed by atoms with Gasteiger partial charge >= 0.3 is 6.18 Å². The first kappa shape index (κ1) is 16.0. The Morgan fingerprint density at radius 2 is 1.69 bits per heavy atom. The van der Waals surface area contributed by atoms with Crippen LogP contribution in [0.2, 0.25) is 0 Å². The highest BCUT2D eigenvalue weighted by Gasteiger charge is 2.38. The van der Waals surface area contributed by atoms with Crippen molar-refractivity contribution in [1.29, 1.82) is 0 Å². The van der Waals surface area contributed by atoms with Gasteiger partial charge in [0.2, 0.25) is 0 Å². The van der Waals surface area contributed by atoms with Crippen molar-refractivity contribution in [2.24, 2.45) is 0 Å². The molecule has 0 aliphatic heterocycles. The molecule has 0 saturated carbocycles. The Labute approximate surface area is 100.0 Å². The van der Waals surface area contributed by atoms with Crippen LogP contribution in [0.15, 0.2) is 0 Å². The molecule has 0 rings (SSSR count). The highest BCUT2D eigenvalue weighted by Crippen LogP contribution is 2.26. The van der Waals surface area contributed by atoms with Gasteiger partial charge in [0, 0.05) is 5.38 Å². The topological polar surface area (TPSA) is 20.2 Å². The summed E-state index contributed by atoms with van der Waals surface area (Å²) in [6.45, 7) is 2.10. The summed E-state index contributed by atoms with van der Waals surface area (Å²) < 4.78 is 36.0. The zero-order chi connectivity index (χ0) is 12.6. The first-order valence-corrected chi connectivity index (χ1v) is 6.20. The van der Waals surface area contributed by atoms with E-state index in [1.807, 2.05) is 0 Å². The lowest BCUT2D eigenvalue weighted by atomic mass is 10.1. The highest BCUT2D eigenvalue weighted by atomic mass is 35.5. The third kappa shape index (κ3) is 8.22. The molecular weight excluding hydrogens is 241 g/mol. The first-order valence-electron chi connectivity index (χ1n) is 5.76. The molecule has 0 aliphatic rings. The van der Waals surface area contributed by atoms with E-state index in [2.05, 4.69) is 6.92 Å². The summed E-state index contributed by atoms with van der Waals surface area (Å²) in [5.74, 6) is 0.